The molecule has 1 aromatic carbocycles. The first kappa shape index (κ1) is 14.0. The largest absolute Gasteiger partial charge is 0.508 e. The van der Waals surface area contributed by atoms with Crippen LogP contribution in [0.2, 0.25) is 0 Å². The van der Waals surface area contributed by atoms with Crippen LogP contribution in [0.1, 0.15) is 22.3 Å². The fraction of sp³-hybridized carbons (Fsp3) is 0.385. The predicted molar refractivity (Wildman–Crippen MR) is 68.5 cm³/mol. The zero-order chi connectivity index (χ0) is 13.7. The van der Waals surface area contributed by atoms with Gasteiger partial charge in [0.2, 0.25) is 5.91 Å². The van der Waals surface area contributed by atoms with Crippen molar-refractivity contribution >= 4 is 11.8 Å². The number of aromatic hydroxyl groups is 1. The summed E-state index contributed by atoms with van der Waals surface area (Å²) < 4.78 is 0. The molecule has 5 nitrogen and oxygen atoms in total. The van der Waals surface area contributed by atoms with Crippen molar-refractivity contribution < 1.29 is 14.7 Å². The van der Waals surface area contributed by atoms with Gasteiger partial charge in [-0.25, -0.2) is 0 Å². The molecule has 2 amide bonds. The topological polar surface area (TPSA) is 69.6 Å². The molecule has 0 fully saturated rings. The number of phenols is 1. The Bertz CT molecular complexity index is 456. The first-order valence-corrected chi connectivity index (χ1v) is 5.70. The average molecular weight is 250 g/mol. The Morgan fingerprint density at radius 3 is 2.61 bits per heavy atom. The maximum absolute atomic E-state index is 11.8. The van der Waals surface area contributed by atoms with Crippen molar-refractivity contribution in [2.75, 3.05) is 20.6 Å². The lowest BCUT2D eigenvalue weighted by molar-refractivity contribution is -0.128. The minimum absolute atomic E-state index is 0.0390. The van der Waals surface area contributed by atoms with E-state index >= 15 is 0 Å². The highest BCUT2D eigenvalue weighted by molar-refractivity contribution is 5.96. The molecule has 0 aliphatic rings. The molecule has 0 aliphatic carbocycles. The molecule has 0 aromatic heterocycles. The van der Waals surface area contributed by atoms with Crippen molar-refractivity contribution in [3.63, 3.8) is 0 Å². The average Bonchev–Trinajstić information content (AvgIpc) is 2.32. The van der Waals surface area contributed by atoms with Gasteiger partial charge >= 0.3 is 0 Å². The van der Waals surface area contributed by atoms with Crippen molar-refractivity contribution in [3.8, 4) is 5.75 Å². The molecule has 1 rings (SSSR count). The molecule has 2 N–H and O–H groups in total. The first-order chi connectivity index (χ1) is 8.43. The minimum atomic E-state index is -0.282. The van der Waals surface area contributed by atoms with E-state index in [9.17, 15) is 14.7 Å². The second kappa shape index (κ2) is 6.05. The van der Waals surface area contributed by atoms with Crippen molar-refractivity contribution in [2.45, 2.75) is 13.3 Å². The lowest BCUT2D eigenvalue weighted by atomic mass is 10.1. The van der Waals surface area contributed by atoms with E-state index in [0.29, 0.717) is 11.1 Å². The van der Waals surface area contributed by atoms with Gasteiger partial charge in [-0.15, -0.1) is 0 Å². The van der Waals surface area contributed by atoms with Crippen LogP contribution in [0.15, 0.2) is 18.2 Å². The van der Waals surface area contributed by atoms with Crippen LogP contribution in [0, 0.1) is 6.92 Å². The first-order valence-electron chi connectivity index (χ1n) is 5.70. The van der Waals surface area contributed by atoms with Gasteiger partial charge in [-0.1, -0.05) is 6.07 Å². The predicted octanol–water partition coefficient (Wildman–Crippen LogP) is 0.909. The van der Waals surface area contributed by atoms with Crippen LogP contribution in [0.3, 0.4) is 0 Å². The van der Waals surface area contributed by atoms with E-state index in [-0.39, 0.29) is 30.5 Å². The van der Waals surface area contributed by atoms with Crippen LogP contribution in [0.4, 0.5) is 0 Å². The molecule has 0 aliphatic heterocycles. The monoisotopic (exact) mass is 250 g/mol. The lowest BCUT2D eigenvalue weighted by Crippen LogP contribution is -2.30. The third-order valence-corrected chi connectivity index (χ3v) is 2.67. The van der Waals surface area contributed by atoms with Crippen LogP contribution in [0.25, 0.3) is 0 Å². The number of hydrogen-bond acceptors (Lipinski definition) is 3. The Balaban J connectivity index is 2.56. The summed E-state index contributed by atoms with van der Waals surface area (Å²) in [4.78, 5) is 24.6. The summed E-state index contributed by atoms with van der Waals surface area (Å²) in [5.74, 6) is -0.232. The van der Waals surface area contributed by atoms with Crippen molar-refractivity contribution in [1.29, 1.82) is 0 Å². The van der Waals surface area contributed by atoms with Crippen LogP contribution < -0.4 is 5.32 Å². The molecule has 0 saturated carbocycles. The molecule has 0 saturated heterocycles. The second-order valence-electron chi connectivity index (χ2n) is 4.24. The summed E-state index contributed by atoms with van der Waals surface area (Å²) in [7, 11) is 3.34. The second-order valence-corrected chi connectivity index (χ2v) is 4.24. The molecule has 0 bridgehead atoms. The van der Waals surface area contributed by atoms with E-state index in [1.54, 1.807) is 33.2 Å². The molecule has 0 heterocycles. The number of hydrogen-bond donors (Lipinski definition) is 2. The minimum Gasteiger partial charge on any atom is -0.508 e. The molecular weight excluding hydrogens is 232 g/mol. The van der Waals surface area contributed by atoms with E-state index < -0.39 is 0 Å². The third-order valence-electron chi connectivity index (χ3n) is 2.67. The number of phenolic OH excluding ortho intramolecular Hbond substituents is 1. The van der Waals surface area contributed by atoms with Gasteiger partial charge in [0, 0.05) is 38.2 Å². The van der Waals surface area contributed by atoms with Gasteiger partial charge in [0.1, 0.15) is 5.75 Å². The van der Waals surface area contributed by atoms with Crippen molar-refractivity contribution in [3.05, 3.63) is 29.3 Å². The Hall–Kier alpha value is -2.04. The number of carbonyl (C=O) groups is 2. The summed E-state index contributed by atoms with van der Waals surface area (Å²) in [5, 5.41) is 12.1. The highest BCUT2D eigenvalue weighted by Gasteiger charge is 2.11. The molecule has 0 atom stereocenters. The Morgan fingerprint density at radius 2 is 2.00 bits per heavy atom. The standard InChI is InChI=1S/C13H18N2O3/c1-9-10(5-4-6-11(9)16)13(18)14-8-7-12(17)15(2)3/h4-6,16H,7-8H2,1-3H3,(H,14,18). The van der Waals surface area contributed by atoms with Crippen molar-refractivity contribution in [2.24, 2.45) is 0 Å². The zero-order valence-corrected chi connectivity index (χ0v) is 10.9. The maximum atomic E-state index is 11.8. The highest BCUT2D eigenvalue weighted by atomic mass is 16.3. The van der Waals surface area contributed by atoms with E-state index in [2.05, 4.69) is 5.32 Å². The number of carbonyl (C=O) groups excluding carboxylic acids is 2. The number of rotatable bonds is 4. The molecule has 0 radical (unpaired) electrons. The number of benzene rings is 1. The van der Waals surface area contributed by atoms with Gasteiger partial charge < -0.3 is 15.3 Å². The SMILES string of the molecule is Cc1c(O)cccc1C(=O)NCCC(=O)N(C)C. The summed E-state index contributed by atoms with van der Waals surface area (Å²) in [6.07, 6.45) is 0.261. The van der Waals surface area contributed by atoms with Gasteiger partial charge in [-0.2, -0.15) is 0 Å². The lowest BCUT2D eigenvalue weighted by Gasteiger charge is -2.11. The summed E-state index contributed by atoms with van der Waals surface area (Å²) in [6, 6.07) is 4.78. The molecule has 98 valence electrons. The van der Waals surface area contributed by atoms with E-state index in [1.165, 1.54) is 11.0 Å². The quantitative estimate of drug-likeness (QED) is 0.834. The highest BCUT2D eigenvalue weighted by Crippen LogP contribution is 2.19. The molecule has 0 spiro atoms. The summed E-state index contributed by atoms with van der Waals surface area (Å²) in [5.41, 5.74) is 0.959. The van der Waals surface area contributed by atoms with Crippen LogP contribution in [-0.2, 0) is 4.79 Å². The van der Waals surface area contributed by atoms with Crippen LogP contribution in [-0.4, -0.2) is 42.5 Å². The normalized spacial score (nSPS) is 9.94. The van der Waals surface area contributed by atoms with Crippen LogP contribution >= 0.6 is 0 Å². The van der Waals surface area contributed by atoms with Crippen molar-refractivity contribution in [1.82, 2.24) is 10.2 Å². The number of amides is 2. The van der Waals surface area contributed by atoms with E-state index in [0.717, 1.165) is 0 Å². The smallest absolute Gasteiger partial charge is 0.251 e. The molecule has 5 heteroatoms. The fourth-order valence-corrected chi connectivity index (χ4v) is 1.47. The number of nitrogens with zero attached hydrogens (tertiary/aromatic N) is 1. The summed E-state index contributed by atoms with van der Waals surface area (Å²) in [6.45, 7) is 1.96. The van der Waals surface area contributed by atoms with Gasteiger partial charge in [-0.3, -0.25) is 9.59 Å². The van der Waals surface area contributed by atoms with Gasteiger partial charge in [-0.05, 0) is 19.1 Å². The maximum Gasteiger partial charge on any atom is 0.251 e. The fourth-order valence-electron chi connectivity index (χ4n) is 1.47. The number of nitrogens with one attached hydrogen (secondary N) is 1. The molecule has 0 unspecified atom stereocenters. The Morgan fingerprint density at radius 1 is 1.33 bits per heavy atom. The van der Waals surface area contributed by atoms with Gasteiger partial charge in [0.15, 0.2) is 0 Å². The Labute approximate surface area is 106 Å². The van der Waals surface area contributed by atoms with E-state index in [4.69, 9.17) is 0 Å². The summed E-state index contributed by atoms with van der Waals surface area (Å²) >= 11 is 0. The molecular formula is C13H18N2O3. The van der Waals surface area contributed by atoms with Crippen LogP contribution in [0.5, 0.6) is 5.75 Å². The zero-order valence-electron chi connectivity index (χ0n) is 10.9. The Kier molecular flexibility index (Phi) is 4.71. The molecule has 18 heavy (non-hydrogen) atoms. The van der Waals surface area contributed by atoms with Gasteiger partial charge in [0.25, 0.3) is 5.91 Å². The molecule has 1 aromatic rings. The van der Waals surface area contributed by atoms with Gasteiger partial charge in [0.05, 0.1) is 0 Å². The third kappa shape index (κ3) is 3.48. The van der Waals surface area contributed by atoms with E-state index in [1.807, 2.05) is 0 Å².